The number of pyridine rings is 1. The molecule has 4 rings (SSSR count). The molecule has 2 aromatic rings. The van der Waals surface area contributed by atoms with Crippen molar-refractivity contribution >= 4 is 12.0 Å². The summed E-state index contributed by atoms with van der Waals surface area (Å²) in [6.07, 6.45) is -1.55. The lowest BCUT2D eigenvalue weighted by molar-refractivity contribution is -0.141. The monoisotopic (exact) mass is 602 g/mol. The molecular formula is C33H45F3N4O3. The number of likely N-dealkylation sites (tertiary alicyclic amines) is 1. The van der Waals surface area contributed by atoms with Gasteiger partial charge in [0.25, 0.3) is 0 Å². The van der Waals surface area contributed by atoms with Crippen molar-refractivity contribution in [2.75, 3.05) is 32.7 Å². The molecule has 10 heteroatoms. The first-order valence-corrected chi connectivity index (χ1v) is 15.1. The SMILES string of the molecule is CC(C)(C)OC(=O)N1CCC(CC(=O)N2CCN(C(c3ccccc3)c3ccc(C(F)(F)F)nc3)C[C@@H]2C(C)(C)C)CC1. The summed E-state index contributed by atoms with van der Waals surface area (Å²) >= 11 is 0. The molecule has 2 saturated heterocycles. The highest BCUT2D eigenvalue weighted by Gasteiger charge is 2.41. The summed E-state index contributed by atoms with van der Waals surface area (Å²) in [5.41, 5.74) is -0.0375. The molecule has 7 nitrogen and oxygen atoms in total. The first kappa shape index (κ1) is 32.8. The summed E-state index contributed by atoms with van der Waals surface area (Å²) in [7, 11) is 0. The second kappa shape index (κ2) is 12.8. The van der Waals surface area contributed by atoms with E-state index in [4.69, 9.17) is 4.74 Å². The van der Waals surface area contributed by atoms with Crippen LogP contribution in [0, 0.1) is 11.3 Å². The highest BCUT2D eigenvalue weighted by Crippen LogP contribution is 2.37. The summed E-state index contributed by atoms with van der Waals surface area (Å²) in [5.74, 6) is 0.308. The zero-order valence-corrected chi connectivity index (χ0v) is 26.2. The highest BCUT2D eigenvalue weighted by molar-refractivity contribution is 5.77. The Morgan fingerprint density at radius 2 is 1.56 bits per heavy atom. The number of amides is 2. The molecule has 1 aromatic carbocycles. The van der Waals surface area contributed by atoms with E-state index in [1.54, 1.807) is 4.90 Å². The molecule has 0 radical (unpaired) electrons. The Kier molecular flexibility index (Phi) is 9.79. The van der Waals surface area contributed by atoms with E-state index in [-0.39, 0.29) is 35.4 Å². The first-order valence-electron chi connectivity index (χ1n) is 15.1. The summed E-state index contributed by atoms with van der Waals surface area (Å²) in [6, 6.07) is 11.9. The predicted molar refractivity (Wildman–Crippen MR) is 159 cm³/mol. The van der Waals surface area contributed by atoms with Crippen LogP contribution in [0.5, 0.6) is 0 Å². The van der Waals surface area contributed by atoms with Crippen molar-refractivity contribution in [1.29, 1.82) is 0 Å². The fraction of sp³-hybridized carbons (Fsp3) is 0.606. The predicted octanol–water partition coefficient (Wildman–Crippen LogP) is 6.79. The third-order valence-electron chi connectivity index (χ3n) is 8.33. The number of hydrogen-bond acceptors (Lipinski definition) is 5. The van der Waals surface area contributed by atoms with Crippen molar-refractivity contribution in [1.82, 2.24) is 19.7 Å². The second-order valence-corrected chi connectivity index (χ2v) is 13.9. The summed E-state index contributed by atoms with van der Waals surface area (Å²) in [6.45, 7) is 14.7. The Morgan fingerprint density at radius 1 is 0.907 bits per heavy atom. The van der Waals surface area contributed by atoms with Crippen molar-refractivity contribution in [3.63, 3.8) is 0 Å². The van der Waals surface area contributed by atoms with Gasteiger partial charge in [-0.25, -0.2) is 4.79 Å². The number of carbonyl (C=O) groups is 2. The number of benzene rings is 1. The van der Waals surface area contributed by atoms with Crippen molar-refractivity contribution in [2.45, 2.75) is 84.7 Å². The van der Waals surface area contributed by atoms with Gasteiger partial charge in [0, 0.05) is 51.4 Å². The average molecular weight is 603 g/mol. The molecule has 1 unspecified atom stereocenters. The number of piperazine rings is 1. The van der Waals surface area contributed by atoms with E-state index in [0.717, 1.165) is 24.5 Å². The van der Waals surface area contributed by atoms with Gasteiger partial charge in [0.2, 0.25) is 5.91 Å². The standard InChI is InChI=1S/C33H45F3N4O3/c1-31(2,3)27-22-39(29(24-10-8-7-9-11-24)25-12-13-26(37-21-25)33(34,35)36)18-19-40(27)28(41)20-23-14-16-38(17-15-23)30(42)43-32(4,5)6/h7-13,21,23,27,29H,14-20,22H2,1-6H3/t27-,29?/m1/s1. The van der Waals surface area contributed by atoms with E-state index in [1.165, 1.54) is 12.3 Å². The maximum Gasteiger partial charge on any atom is 0.433 e. The largest absolute Gasteiger partial charge is 0.444 e. The Morgan fingerprint density at radius 3 is 2.09 bits per heavy atom. The van der Waals surface area contributed by atoms with Crippen molar-refractivity contribution in [3.8, 4) is 0 Å². The molecule has 3 heterocycles. The number of alkyl halides is 3. The van der Waals surface area contributed by atoms with E-state index < -0.39 is 17.5 Å². The average Bonchev–Trinajstić information content (AvgIpc) is 2.92. The van der Waals surface area contributed by atoms with Gasteiger partial charge in [-0.15, -0.1) is 0 Å². The lowest BCUT2D eigenvalue weighted by Crippen LogP contribution is -2.60. The van der Waals surface area contributed by atoms with E-state index in [2.05, 4.69) is 30.7 Å². The Bertz CT molecular complexity index is 1230. The van der Waals surface area contributed by atoms with Crippen LogP contribution in [0.4, 0.5) is 18.0 Å². The molecule has 2 amide bonds. The molecule has 2 aliphatic rings. The molecule has 43 heavy (non-hydrogen) atoms. The third-order valence-corrected chi connectivity index (χ3v) is 8.33. The summed E-state index contributed by atoms with van der Waals surface area (Å²) in [4.78, 5) is 36.0. The van der Waals surface area contributed by atoms with Crippen LogP contribution in [0.25, 0.3) is 0 Å². The number of aromatic nitrogens is 1. The number of piperidine rings is 1. The van der Waals surface area contributed by atoms with Crippen LogP contribution in [0.15, 0.2) is 48.7 Å². The van der Waals surface area contributed by atoms with Crippen LogP contribution in [0.2, 0.25) is 0 Å². The van der Waals surface area contributed by atoms with Crippen LogP contribution in [0.3, 0.4) is 0 Å². The molecule has 2 aliphatic heterocycles. The van der Waals surface area contributed by atoms with Gasteiger partial charge in [0.05, 0.1) is 6.04 Å². The second-order valence-electron chi connectivity index (χ2n) is 13.9. The summed E-state index contributed by atoms with van der Waals surface area (Å²) in [5, 5.41) is 0. The van der Waals surface area contributed by atoms with Gasteiger partial charge < -0.3 is 14.5 Å². The number of halogens is 3. The molecule has 2 atom stereocenters. The van der Waals surface area contributed by atoms with Crippen LogP contribution in [0.1, 0.15) is 83.7 Å². The number of carbonyl (C=O) groups excluding carboxylic acids is 2. The van der Waals surface area contributed by atoms with Crippen molar-refractivity contribution < 1.29 is 27.5 Å². The molecular weight excluding hydrogens is 557 g/mol. The van der Waals surface area contributed by atoms with Crippen molar-refractivity contribution in [2.24, 2.45) is 11.3 Å². The molecule has 0 bridgehead atoms. The zero-order chi connectivity index (χ0) is 31.6. The maximum absolute atomic E-state index is 13.8. The van der Waals surface area contributed by atoms with Crippen molar-refractivity contribution in [3.05, 3.63) is 65.5 Å². The molecule has 0 N–H and O–H groups in total. The van der Waals surface area contributed by atoms with E-state index in [1.807, 2.05) is 56.0 Å². The van der Waals surface area contributed by atoms with Gasteiger partial charge in [-0.1, -0.05) is 57.2 Å². The smallest absolute Gasteiger partial charge is 0.433 e. The van der Waals surface area contributed by atoms with Gasteiger partial charge >= 0.3 is 12.3 Å². The highest BCUT2D eigenvalue weighted by atomic mass is 19.4. The topological polar surface area (TPSA) is 66.0 Å². The third kappa shape index (κ3) is 8.49. The van der Waals surface area contributed by atoms with Crippen LogP contribution in [-0.2, 0) is 15.7 Å². The molecule has 0 spiro atoms. The summed E-state index contributed by atoms with van der Waals surface area (Å²) < 4.78 is 45.3. The Hall–Kier alpha value is -3.14. The maximum atomic E-state index is 13.8. The lowest BCUT2D eigenvalue weighted by atomic mass is 9.82. The quantitative estimate of drug-likeness (QED) is 0.377. The van der Waals surface area contributed by atoms with Crippen LogP contribution < -0.4 is 0 Å². The minimum Gasteiger partial charge on any atom is -0.444 e. The molecule has 2 fully saturated rings. The zero-order valence-electron chi connectivity index (χ0n) is 26.2. The van der Waals surface area contributed by atoms with Gasteiger partial charge in [0.15, 0.2) is 0 Å². The van der Waals surface area contributed by atoms with Crippen LogP contribution >= 0.6 is 0 Å². The fourth-order valence-corrected chi connectivity index (χ4v) is 6.07. The molecule has 1 aromatic heterocycles. The van der Waals surface area contributed by atoms with E-state index >= 15 is 0 Å². The van der Waals surface area contributed by atoms with E-state index in [0.29, 0.717) is 44.7 Å². The van der Waals surface area contributed by atoms with Gasteiger partial charge in [-0.2, -0.15) is 13.2 Å². The Balaban J connectivity index is 1.47. The van der Waals surface area contributed by atoms with Gasteiger partial charge in [-0.05, 0) is 62.1 Å². The molecule has 0 saturated carbocycles. The van der Waals surface area contributed by atoms with Gasteiger partial charge in [-0.3, -0.25) is 14.7 Å². The lowest BCUT2D eigenvalue weighted by Gasteiger charge is -2.49. The molecule has 0 aliphatic carbocycles. The fourth-order valence-electron chi connectivity index (χ4n) is 6.07. The number of hydrogen-bond donors (Lipinski definition) is 0. The Labute approximate surface area is 253 Å². The number of ether oxygens (including phenoxy) is 1. The molecule has 236 valence electrons. The van der Waals surface area contributed by atoms with Gasteiger partial charge in [0.1, 0.15) is 11.3 Å². The number of rotatable bonds is 5. The minimum absolute atomic E-state index is 0.0933. The van der Waals surface area contributed by atoms with Crippen LogP contribution in [-0.4, -0.2) is 76.1 Å². The number of nitrogens with zero attached hydrogens (tertiary/aromatic N) is 4. The normalized spacial score (nSPS) is 20.2. The minimum atomic E-state index is -4.50. The first-order chi connectivity index (χ1) is 20.0. The van der Waals surface area contributed by atoms with E-state index in [9.17, 15) is 22.8 Å².